The number of esters is 1. The van der Waals surface area contributed by atoms with E-state index in [-0.39, 0.29) is 11.4 Å². The Labute approximate surface area is 115 Å². The fraction of sp³-hybridized carbons (Fsp3) is 0.308. The van der Waals surface area contributed by atoms with Crippen LogP contribution < -0.4 is 0 Å². The molecule has 1 aromatic carbocycles. The molecule has 2 aromatic rings. The van der Waals surface area contributed by atoms with E-state index in [0.29, 0.717) is 5.56 Å². The van der Waals surface area contributed by atoms with Gasteiger partial charge in [0.25, 0.3) is 0 Å². The number of halogens is 1. The molecule has 0 saturated heterocycles. The predicted molar refractivity (Wildman–Crippen MR) is 68.2 cm³/mol. The summed E-state index contributed by atoms with van der Waals surface area (Å²) >= 11 is 0. The molecule has 0 aliphatic heterocycles. The lowest BCUT2D eigenvalue weighted by molar-refractivity contribution is 0.00648. The second-order valence-corrected chi connectivity index (χ2v) is 5.07. The van der Waals surface area contributed by atoms with Crippen molar-refractivity contribution in [3.63, 3.8) is 0 Å². The monoisotopic (exact) mass is 276 g/mol. The third-order valence-electron chi connectivity index (χ3n) is 2.25. The molecule has 0 bridgehead atoms. The lowest BCUT2D eigenvalue weighted by Crippen LogP contribution is -2.24. The molecule has 20 heavy (non-hydrogen) atoms. The van der Waals surface area contributed by atoms with Crippen LogP contribution in [-0.2, 0) is 4.74 Å². The van der Waals surface area contributed by atoms with Crippen molar-refractivity contribution in [3.05, 3.63) is 35.9 Å². The van der Waals surface area contributed by atoms with Crippen LogP contribution in [0.4, 0.5) is 4.39 Å². The Bertz CT molecular complexity index is 626. The van der Waals surface area contributed by atoms with Crippen LogP contribution in [0.2, 0.25) is 0 Å². The summed E-state index contributed by atoms with van der Waals surface area (Å²) in [7, 11) is 0. The Morgan fingerprint density at radius 1 is 1.20 bits per heavy atom. The Hall–Kier alpha value is -2.44. The number of carbonyl (C=O) groups is 1. The number of carbonyl (C=O) groups excluding carboxylic acids is 1. The van der Waals surface area contributed by atoms with Crippen molar-refractivity contribution in [2.45, 2.75) is 26.4 Å². The van der Waals surface area contributed by atoms with Crippen LogP contribution in [0.3, 0.4) is 0 Å². The maximum absolute atomic E-state index is 14.0. The molecule has 0 aliphatic rings. The van der Waals surface area contributed by atoms with Gasteiger partial charge in [0.15, 0.2) is 6.33 Å². The summed E-state index contributed by atoms with van der Waals surface area (Å²) in [5, 5.41) is 14.6. The molecule has 2 rings (SSSR count). The molecule has 1 aromatic heterocycles. The van der Waals surface area contributed by atoms with Gasteiger partial charge in [0.1, 0.15) is 11.4 Å². The molecule has 0 fully saturated rings. The van der Waals surface area contributed by atoms with Gasteiger partial charge in [0, 0.05) is 5.56 Å². The zero-order chi connectivity index (χ0) is 14.8. The van der Waals surface area contributed by atoms with Crippen molar-refractivity contribution >= 4 is 5.97 Å². The van der Waals surface area contributed by atoms with Crippen molar-refractivity contribution in [2.24, 2.45) is 0 Å². The molecular formula is C13H13FN4O2. The van der Waals surface area contributed by atoms with E-state index in [4.69, 9.17) is 4.74 Å². The summed E-state index contributed by atoms with van der Waals surface area (Å²) in [5.41, 5.74) is -0.436. The number of hydrogen-bond acceptors (Lipinski definition) is 6. The summed E-state index contributed by atoms with van der Waals surface area (Å²) in [6.45, 7) is 5.14. The quantitative estimate of drug-likeness (QED) is 0.781. The zero-order valence-electron chi connectivity index (χ0n) is 11.3. The fourth-order valence-corrected chi connectivity index (χ4v) is 1.47. The van der Waals surface area contributed by atoms with Crippen LogP contribution in [-0.4, -0.2) is 32.0 Å². The summed E-state index contributed by atoms with van der Waals surface area (Å²) in [6, 6.07) is 3.99. The number of benzene rings is 1. The largest absolute Gasteiger partial charge is 0.456 e. The first-order valence-electron chi connectivity index (χ1n) is 5.90. The number of aromatic nitrogens is 4. The Morgan fingerprint density at radius 2 is 1.85 bits per heavy atom. The minimum absolute atomic E-state index is 0.138. The molecule has 0 atom stereocenters. The predicted octanol–water partition coefficient (Wildman–Crippen LogP) is 2.03. The number of ether oxygens (including phenoxy) is 1. The van der Waals surface area contributed by atoms with Crippen molar-refractivity contribution in [1.82, 2.24) is 20.4 Å². The van der Waals surface area contributed by atoms with E-state index in [1.165, 1.54) is 18.5 Å². The maximum atomic E-state index is 14.0. The topological polar surface area (TPSA) is 77.9 Å². The third kappa shape index (κ3) is 3.31. The molecule has 0 spiro atoms. The van der Waals surface area contributed by atoms with E-state index >= 15 is 0 Å². The van der Waals surface area contributed by atoms with E-state index in [9.17, 15) is 9.18 Å². The van der Waals surface area contributed by atoms with Gasteiger partial charge in [-0.15, -0.1) is 20.4 Å². The van der Waals surface area contributed by atoms with E-state index < -0.39 is 17.4 Å². The molecule has 1 heterocycles. The van der Waals surface area contributed by atoms with Crippen molar-refractivity contribution < 1.29 is 13.9 Å². The number of nitrogens with zero attached hydrogens (tertiary/aromatic N) is 4. The average molecular weight is 276 g/mol. The van der Waals surface area contributed by atoms with Crippen LogP contribution in [0.15, 0.2) is 24.5 Å². The average Bonchev–Trinajstić information content (AvgIpc) is 2.37. The van der Waals surface area contributed by atoms with Crippen molar-refractivity contribution in [3.8, 4) is 11.4 Å². The summed E-state index contributed by atoms with van der Waals surface area (Å²) < 4.78 is 19.1. The first-order valence-corrected chi connectivity index (χ1v) is 5.90. The van der Waals surface area contributed by atoms with E-state index in [2.05, 4.69) is 20.4 Å². The molecule has 0 saturated carbocycles. The highest BCUT2D eigenvalue weighted by Gasteiger charge is 2.21. The van der Waals surface area contributed by atoms with Crippen molar-refractivity contribution in [2.75, 3.05) is 0 Å². The third-order valence-corrected chi connectivity index (χ3v) is 2.25. The van der Waals surface area contributed by atoms with E-state index in [1.54, 1.807) is 20.8 Å². The van der Waals surface area contributed by atoms with Crippen LogP contribution in [0, 0.1) is 5.82 Å². The van der Waals surface area contributed by atoms with Gasteiger partial charge in [0.2, 0.25) is 5.82 Å². The van der Waals surface area contributed by atoms with E-state index in [1.807, 2.05) is 0 Å². The Kier molecular flexibility index (Phi) is 3.69. The minimum atomic E-state index is -0.716. The minimum Gasteiger partial charge on any atom is -0.456 e. The molecule has 104 valence electrons. The zero-order valence-corrected chi connectivity index (χ0v) is 11.3. The molecule has 6 nitrogen and oxygen atoms in total. The summed E-state index contributed by atoms with van der Waals surface area (Å²) in [5.74, 6) is -1.24. The highest BCUT2D eigenvalue weighted by Crippen LogP contribution is 2.20. The Balaban J connectivity index is 2.29. The van der Waals surface area contributed by atoms with Crippen LogP contribution in [0.5, 0.6) is 0 Å². The molecule has 0 aliphatic carbocycles. The molecule has 0 N–H and O–H groups in total. The lowest BCUT2D eigenvalue weighted by atomic mass is 10.1. The first kappa shape index (κ1) is 14.0. The lowest BCUT2D eigenvalue weighted by Gasteiger charge is -2.19. The fourth-order valence-electron chi connectivity index (χ4n) is 1.47. The SMILES string of the molecule is CC(C)(C)OC(=O)c1ccc(-c2nncnn2)cc1F. The van der Waals surface area contributed by atoms with Crippen LogP contribution >= 0.6 is 0 Å². The second kappa shape index (κ2) is 5.28. The van der Waals surface area contributed by atoms with Crippen LogP contribution in [0.25, 0.3) is 11.4 Å². The standard InChI is InChI=1S/C13H13FN4O2/c1-13(2,3)20-12(19)9-5-4-8(6-10(9)14)11-17-15-7-16-18-11/h4-7H,1-3H3. The van der Waals surface area contributed by atoms with Gasteiger partial charge in [-0.1, -0.05) is 0 Å². The molecule has 0 amide bonds. The number of hydrogen-bond donors (Lipinski definition) is 0. The normalized spacial score (nSPS) is 11.2. The first-order chi connectivity index (χ1) is 9.37. The van der Waals surface area contributed by atoms with Gasteiger partial charge in [-0.05, 0) is 39.0 Å². The summed E-state index contributed by atoms with van der Waals surface area (Å²) in [4.78, 5) is 11.8. The van der Waals surface area contributed by atoms with Gasteiger partial charge < -0.3 is 4.74 Å². The summed E-state index contributed by atoms with van der Waals surface area (Å²) in [6.07, 6.45) is 1.18. The highest BCUT2D eigenvalue weighted by atomic mass is 19.1. The van der Waals surface area contributed by atoms with Gasteiger partial charge in [0.05, 0.1) is 5.56 Å². The van der Waals surface area contributed by atoms with Crippen molar-refractivity contribution in [1.29, 1.82) is 0 Å². The highest BCUT2D eigenvalue weighted by molar-refractivity contribution is 5.90. The molecule has 0 radical (unpaired) electrons. The van der Waals surface area contributed by atoms with Gasteiger partial charge in [-0.25, -0.2) is 9.18 Å². The second-order valence-electron chi connectivity index (χ2n) is 5.07. The van der Waals surface area contributed by atoms with E-state index in [0.717, 1.165) is 6.07 Å². The molecule has 7 heteroatoms. The maximum Gasteiger partial charge on any atom is 0.341 e. The molecular weight excluding hydrogens is 263 g/mol. The van der Waals surface area contributed by atoms with Gasteiger partial charge in [-0.2, -0.15) is 0 Å². The smallest absolute Gasteiger partial charge is 0.341 e. The Morgan fingerprint density at radius 3 is 2.40 bits per heavy atom. The van der Waals surface area contributed by atoms with Gasteiger partial charge >= 0.3 is 5.97 Å². The van der Waals surface area contributed by atoms with Gasteiger partial charge in [-0.3, -0.25) is 0 Å². The van der Waals surface area contributed by atoms with Crippen LogP contribution in [0.1, 0.15) is 31.1 Å². The molecule has 0 unspecified atom stereocenters. The number of rotatable bonds is 2.